The molecule has 1 heterocycles. The van der Waals surface area contributed by atoms with Gasteiger partial charge in [-0.1, -0.05) is 37.9 Å². The van der Waals surface area contributed by atoms with Crippen molar-refractivity contribution in [1.82, 2.24) is 10.0 Å². The largest absolute Gasteiger partial charge is 0.292 e. The molecule has 0 bridgehead atoms. The third-order valence-electron chi connectivity index (χ3n) is 6.36. The number of amides is 3. The summed E-state index contributed by atoms with van der Waals surface area (Å²) in [7, 11) is 0. The monoisotopic (exact) mass is 636 g/mol. The Bertz CT molecular complexity index is 1290. The Morgan fingerprint density at radius 2 is 1.41 bits per heavy atom. The lowest BCUT2D eigenvalue weighted by molar-refractivity contribution is -0.385. The zero-order valence-corrected chi connectivity index (χ0v) is 22.0. The molecule has 1 aliphatic carbocycles. The van der Waals surface area contributed by atoms with Crippen molar-refractivity contribution in [2.75, 3.05) is 6.54 Å². The van der Waals surface area contributed by atoms with E-state index in [1.165, 1.54) is 30.3 Å². The maximum Gasteiger partial charge on any atom is 0.273 e. The molecule has 1 saturated carbocycles. The number of benzene rings is 2. The first-order valence-corrected chi connectivity index (χ1v) is 12.8. The number of carbonyl (C=O) groups excluding carboxylic acids is 4. The molecule has 1 saturated heterocycles. The number of hydrazine groups is 1. The van der Waals surface area contributed by atoms with Gasteiger partial charge in [0.1, 0.15) is 6.54 Å². The summed E-state index contributed by atoms with van der Waals surface area (Å²) in [4.78, 5) is 74.0. The molecule has 0 aromatic heterocycles. The topological polar surface area (TPSA) is 161 Å². The Balaban J connectivity index is 1.71. The number of nitro benzene ring substituents is 2. The lowest BCUT2D eigenvalue weighted by Gasteiger charge is -2.30. The minimum Gasteiger partial charge on any atom is -0.292 e. The minimum atomic E-state index is -0.954. The summed E-state index contributed by atoms with van der Waals surface area (Å²) in [6.45, 7) is -0.744. The van der Waals surface area contributed by atoms with Crippen LogP contribution in [0.15, 0.2) is 48.5 Å². The van der Waals surface area contributed by atoms with Crippen LogP contribution in [0.25, 0.3) is 0 Å². The van der Waals surface area contributed by atoms with Gasteiger partial charge in [-0.15, -0.1) is 0 Å². The predicted octanol–water partition coefficient (Wildman–Crippen LogP) is 3.67. The first-order valence-electron chi connectivity index (χ1n) is 11.0. The summed E-state index contributed by atoms with van der Waals surface area (Å²) in [6, 6.07) is 9.37. The number of alkyl halides is 2. The quantitative estimate of drug-likeness (QED) is 0.146. The van der Waals surface area contributed by atoms with Crippen LogP contribution in [0.1, 0.15) is 33.6 Å². The fourth-order valence-corrected chi connectivity index (χ4v) is 5.68. The normalized spacial score (nSPS) is 22.9. The number of ketones is 1. The Morgan fingerprint density at radius 3 is 1.92 bits per heavy atom. The van der Waals surface area contributed by atoms with E-state index in [0.717, 1.165) is 18.2 Å². The van der Waals surface area contributed by atoms with E-state index in [2.05, 4.69) is 31.9 Å². The predicted molar refractivity (Wildman–Crippen MR) is 135 cm³/mol. The number of imide groups is 1. The average molecular weight is 638 g/mol. The molecule has 3 amide bonds. The van der Waals surface area contributed by atoms with Crippen molar-refractivity contribution >= 4 is 66.7 Å². The molecule has 2 aromatic rings. The Hall–Kier alpha value is -3.52. The smallest absolute Gasteiger partial charge is 0.273 e. The van der Waals surface area contributed by atoms with E-state index in [9.17, 15) is 39.4 Å². The standard InChI is InChI=1S/C23H18Br2N4O8/c24-18-9-16-17(10-19(18)25)23(33)27(22(16)32)26(21(31)13-2-1-3-15(8-13)29(36)37)11-20(30)12-4-6-14(7-5-12)28(34)35/h1-8,16-19H,9-11H2/t16-,17+,18-,19-/m0/s1. The van der Waals surface area contributed by atoms with Crippen LogP contribution in [-0.2, 0) is 9.59 Å². The van der Waals surface area contributed by atoms with Crippen molar-refractivity contribution in [3.05, 3.63) is 79.9 Å². The first-order chi connectivity index (χ1) is 17.5. The number of Topliss-reactive ketones (excluding diaryl/α,β-unsaturated/α-hetero) is 1. The van der Waals surface area contributed by atoms with Gasteiger partial charge in [-0.05, 0) is 31.0 Å². The summed E-state index contributed by atoms with van der Waals surface area (Å²) in [6.07, 6.45) is 0.660. The lowest BCUT2D eigenvalue weighted by Crippen LogP contribution is -2.52. The molecule has 12 nitrogen and oxygen atoms in total. The maximum absolute atomic E-state index is 13.5. The lowest BCUT2D eigenvalue weighted by atomic mass is 9.81. The Labute approximate surface area is 226 Å². The molecule has 192 valence electrons. The highest BCUT2D eigenvalue weighted by molar-refractivity contribution is 9.12. The highest BCUT2D eigenvalue weighted by Crippen LogP contribution is 2.43. The van der Waals surface area contributed by atoms with Gasteiger partial charge >= 0.3 is 0 Å². The van der Waals surface area contributed by atoms with Crippen molar-refractivity contribution in [3.63, 3.8) is 0 Å². The van der Waals surface area contributed by atoms with Crippen LogP contribution in [-0.4, -0.2) is 59.6 Å². The summed E-state index contributed by atoms with van der Waals surface area (Å²) in [5.74, 6) is -4.35. The van der Waals surface area contributed by atoms with Crippen LogP contribution in [0.3, 0.4) is 0 Å². The molecule has 0 radical (unpaired) electrons. The van der Waals surface area contributed by atoms with E-state index in [-0.39, 0.29) is 32.2 Å². The number of non-ortho nitro benzene ring substituents is 2. The van der Waals surface area contributed by atoms with Crippen LogP contribution in [0.2, 0.25) is 0 Å². The number of nitro groups is 2. The highest BCUT2D eigenvalue weighted by atomic mass is 79.9. The second-order valence-corrected chi connectivity index (χ2v) is 11.0. The third-order valence-corrected chi connectivity index (χ3v) is 9.09. The number of hydrogen-bond acceptors (Lipinski definition) is 8. The van der Waals surface area contributed by atoms with Crippen molar-refractivity contribution in [2.24, 2.45) is 11.8 Å². The fraction of sp³-hybridized carbons (Fsp3) is 0.304. The number of hydrogen-bond donors (Lipinski definition) is 0. The van der Waals surface area contributed by atoms with Gasteiger partial charge in [0.25, 0.3) is 29.1 Å². The van der Waals surface area contributed by atoms with E-state index < -0.39 is 51.7 Å². The maximum atomic E-state index is 13.5. The Morgan fingerprint density at radius 1 is 0.865 bits per heavy atom. The van der Waals surface area contributed by atoms with Gasteiger partial charge < -0.3 is 0 Å². The van der Waals surface area contributed by atoms with E-state index in [4.69, 9.17) is 0 Å². The van der Waals surface area contributed by atoms with Crippen LogP contribution in [0.4, 0.5) is 11.4 Å². The minimum absolute atomic E-state index is 0.0139. The third kappa shape index (κ3) is 5.16. The van der Waals surface area contributed by atoms with Gasteiger partial charge in [0, 0.05) is 45.0 Å². The molecule has 4 rings (SSSR count). The SMILES string of the molecule is O=C(CN(C(=O)c1cccc([N+](=O)[O-])c1)N1C(=O)[C@H]2C[C@H](Br)[C@@H](Br)C[C@H]2C1=O)c1ccc([N+](=O)[O-])cc1. The van der Waals surface area contributed by atoms with E-state index in [1.807, 2.05) is 0 Å². The molecule has 1 aliphatic heterocycles. The molecule has 0 unspecified atom stereocenters. The summed E-state index contributed by atoms with van der Waals surface area (Å²) < 4.78 is 0. The van der Waals surface area contributed by atoms with Crippen LogP contribution in [0, 0.1) is 32.1 Å². The molecule has 2 fully saturated rings. The second kappa shape index (κ2) is 10.5. The van der Waals surface area contributed by atoms with Gasteiger partial charge in [-0.2, -0.15) is 5.01 Å². The van der Waals surface area contributed by atoms with E-state index >= 15 is 0 Å². The highest BCUT2D eigenvalue weighted by Gasteiger charge is 2.54. The van der Waals surface area contributed by atoms with Gasteiger partial charge in [0.2, 0.25) is 0 Å². The van der Waals surface area contributed by atoms with Gasteiger partial charge in [-0.25, -0.2) is 5.01 Å². The molecule has 0 spiro atoms. The molecule has 14 heteroatoms. The van der Waals surface area contributed by atoms with Crippen LogP contribution in [0.5, 0.6) is 0 Å². The molecule has 37 heavy (non-hydrogen) atoms. The molecule has 2 aromatic carbocycles. The van der Waals surface area contributed by atoms with Gasteiger partial charge in [0.05, 0.1) is 21.7 Å². The van der Waals surface area contributed by atoms with Crippen molar-refractivity contribution in [2.45, 2.75) is 22.5 Å². The zero-order valence-electron chi connectivity index (χ0n) is 18.9. The molecule has 4 atom stereocenters. The van der Waals surface area contributed by atoms with Gasteiger partial charge in [-0.3, -0.25) is 39.4 Å². The number of nitrogens with zero attached hydrogens (tertiary/aromatic N) is 4. The van der Waals surface area contributed by atoms with Gasteiger partial charge in [0.15, 0.2) is 5.78 Å². The van der Waals surface area contributed by atoms with E-state index in [0.29, 0.717) is 22.9 Å². The molecule has 2 aliphatic rings. The van der Waals surface area contributed by atoms with E-state index in [1.54, 1.807) is 0 Å². The number of halogens is 2. The summed E-state index contributed by atoms with van der Waals surface area (Å²) in [5, 5.41) is 23.5. The van der Waals surface area contributed by atoms with Crippen molar-refractivity contribution in [3.8, 4) is 0 Å². The zero-order chi connectivity index (χ0) is 27.0. The van der Waals surface area contributed by atoms with Crippen molar-refractivity contribution in [1.29, 1.82) is 0 Å². The van der Waals surface area contributed by atoms with Crippen LogP contribution >= 0.6 is 31.9 Å². The summed E-state index contributed by atoms with van der Waals surface area (Å²) >= 11 is 6.99. The average Bonchev–Trinajstić information content (AvgIpc) is 3.11. The fourth-order valence-electron chi connectivity index (χ4n) is 4.45. The first kappa shape index (κ1) is 26.5. The molecular formula is C23H18Br2N4O8. The number of fused-ring (bicyclic) bond motifs is 1. The Kier molecular flexibility index (Phi) is 7.50. The summed E-state index contributed by atoms with van der Waals surface area (Å²) in [5.41, 5.74) is -0.814. The number of rotatable bonds is 7. The molecule has 0 N–H and O–H groups in total. The second-order valence-electron chi connectivity index (χ2n) is 8.60. The number of carbonyl (C=O) groups is 4. The molecular weight excluding hydrogens is 620 g/mol. The van der Waals surface area contributed by atoms with Crippen LogP contribution < -0.4 is 0 Å². The van der Waals surface area contributed by atoms with Crippen molar-refractivity contribution < 1.29 is 29.0 Å².